The van der Waals surface area contributed by atoms with E-state index in [0.717, 1.165) is 43.9 Å². The third-order valence-corrected chi connectivity index (χ3v) is 5.60. The Morgan fingerprint density at radius 2 is 2.19 bits per heavy atom. The summed E-state index contributed by atoms with van der Waals surface area (Å²) in [7, 11) is 0. The summed E-state index contributed by atoms with van der Waals surface area (Å²) in [5.74, 6) is 1.54. The number of rotatable bonds is 3. The lowest BCUT2D eigenvalue weighted by atomic mass is 9.99. The van der Waals surface area contributed by atoms with Crippen LogP contribution < -0.4 is 4.90 Å². The minimum absolute atomic E-state index is 0.219. The number of carbonyl (C=O) groups is 1. The first-order chi connectivity index (χ1) is 12.7. The summed E-state index contributed by atoms with van der Waals surface area (Å²) in [5, 5.41) is 8.34. The molecule has 136 valence electrons. The second kappa shape index (κ2) is 7.06. The highest BCUT2D eigenvalue weighted by Gasteiger charge is 2.39. The SMILES string of the molecule is CCc1ccc2c(c1)C[C@H](C(=O)N1CCC[C@H](C)C1)N2c1cccnn1. The van der Waals surface area contributed by atoms with Crippen molar-refractivity contribution in [2.45, 2.75) is 45.6 Å². The molecule has 0 N–H and O–H groups in total. The molecule has 4 rings (SSSR count). The number of amides is 1. The molecule has 26 heavy (non-hydrogen) atoms. The highest BCUT2D eigenvalue weighted by molar-refractivity contribution is 5.91. The van der Waals surface area contributed by atoms with E-state index in [1.807, 2.05) is 12.1 Å². The van der Waals surface area contributed by atoms with E-state index in [2.05, 4.69) is 52.0 Å². The average Bonchev–Trinajstić information content (AvgIpc) is 3.06. The largest absolute Gasteiger partial charge is 0.341 e. The van der Waals surface area contributed by atoms with E-state index in [0.29, 0.717) is 5.92 Å². The minimum atomic E-state index is -0.223. The van der Waals surface area contributed by atoms with Crippen molar-refractivity contribution in [3.05, 3.63) is 47.7 Å². The van der Waals surface area contributed by atoms with Crippen molar-refractivity contribution >= 4 is 17.4 Å². The Labute approximate surface area is 155 Å². The van der Waals surface area contributed by atoms with E-state index in [4.69, 9.17) is 0 Å². The van der Waals surface area contributed by atoms with Crippen LogP contribution in [-0.2, 0) is 17.6 Å². The highest BCUT2D eigenvalue weighted by Crippen LogP contribution is 2.38. The zero-order valence-electron chi connectivity index (χ0n) is 15.6. The molecular weight excluding hydrogens is 324 g/mol. The van der Waals surface area contributed by atoms with Gasteiger partial charge in [0.2, 0.25) is 5.91 Å². The number of piperidine rings is 1. The second-order valence-corrected chi connectivity index (χ2v) is 7.52. The number of likely N-dealkylation sites (tertiary alicyclic amines) is 1. The molecule has 5 nitrogen and oxygen atoms in total. The smallest absolute Gasteiger partial charge is 0.246 e. The van der Waals surface area contributed by atoms with Gasteiger partial charge in [-0.2, -0.15) is 5.10 Å². The molecule has 0 spiro atoms. The molecule has 3 heterocycles. The topological polar surface area (TPSA) is 49.3 Å². The average molecular weight is 350 g/mol. The molecule has 2 atom stereocenters. The third kappa shape index (κ3) is 3.06. The van der Waals surface area contributed by atoms with Gasteiger partial charge in [-0.05, 0) is 54.5 Å². The van der Waals surface area contributed by atoms with Gasteiger partial charge in [0.15, 0.2) is 5.82 Å². The Morgan fingerprint density at radius 3 is 2.92 bits per heavy atom. The summed E-state index contributed by atoms with van der Waals surface area (Å²) >= 11 is 0. The molecule has 1 amide bonds. The fourth-order valence-electron chi connectivity index (χ4n) is 4.23. The maximum atomic E-state index is 13.4. The monoisotopic (exact) mass is 350 g/mol. The normalized spacial score (nSPS) is 22.4. The van der Waals surface area contributed by atoms with Gasteiger partial charge in [-0.25, -0.2) is 0 Å². The first-order valence-electron chi connectivity index (χ1n) is 9.65. The molecule has 0 unspecified atom stereocenters. The number of hydrogen-bond donors (Lipinski definition) is 0. The Balaban J connectivity index is 1.70. The second-order valence-electron chi connectivity index (χ2n) is 7.52. The summed E-state index contributed by atoms with van der Waals surface area (Å²) in [6, 6.07) is 10.1. The Kier molecular flexibility index (Phi) is 4.62. The number of aryl methyl sites for hydroxylation is 1. The van der Waals surface area contributed by atoms with Crippen molar-refractivity contribution in [3.63, 3.8) is 0 Å². The van der Waals surface area contributed by atoms with Crippen LogP contribution in [0.15, 0.2) is 36.5 Å². The molecule has 0 radical (unpaired) electrons. The van der Waals surface area contributed by atoms with Crippen LogP contribution in [0, 0.1) is 5.92 Å². The molecule has 0 saturated carbocycles. The van der Waals surface area contributed by atoms with Gasteiger partial charge >= 0.3 is 0 Å². The van der Waals surface area contributed by atoms with Crippen LogP contribution in [0.4, 0.5) is 11.5 Å². The molecule has 1 saturated heterocycles. The van der Waals surface area contributed by atoms with Gasteiger partial charge in [-0.3, -0.25) is 4.79 Å². The number of carbonyl (C=O) groups excluding carboxylic acids is 1. The van der Waals surface area contributed by atoms with Crippen molar-refractivity contribution < 1.29 is 4.79 Å². The van der Waals surface area contributed by atoms with Crippen LogP contribution in [-0.4, -0.2) is 40.1 Å². The van der Waals surface area contributed by atoms with Gasteiger partial charge in [-0.15, -0.1) is 5.10 Å². The van der Waals surface area contributed by atoms with Gasteiger partial charge in [0, 0.05) is 31.4 Å². The molecule has 1 aromatic heterocycles. The molecule has 2 aliphatic heterocycles. The Hall–Kier alpha value is -2.43. The van der Waals surface area contributed by atoms with Crippen LogP contribution in [0.2, 0.25) is 0 Å². The number of benzene rings is 1. The summed E-state index contributed by atoms with van der Waals surface area (Å²) < 4.78 is 0. The van der Waals surface area contributed by atoms with Crippen molar-refractivity contribution in [1.29, 1.82) is 0 Å². The van der Waals surface area contributed by atoms with Gasteiger partial charge in [-0.1, -0.05) is 26.0 Å². The lowest BCUT2D eigenvalue weighted by Crippen LogP contribution is -2.49. The number of fused-ring (bicyclic) bond motifs is 1. The first-order valence-corrected chi connectivity index (χ1v) is 9.65. The van der Waals surface area contributed by atoms with Gasteiger partial charge in [0.05, 0.1) is 0 Å². The number of aromatic nitrogens is 2. The standard InChI is InChI=1S/C21H26N4O/c1-3-16-8-9-18-17(12-16)13-19(25(18)20-7-4-10-22-23-20)21(26)24-11-5-6-15(2)14-24/h4,7-10,12,15,19H,3,5-6,11,13-14H2,1-2H3/t15-,19+/m0/s1. The van der Waals surface area contributed by atoms with Crippen molar-refractivity contribution in [3.8, 4) is 0 Å². The van der Waals surface area contributed by atoms with E-state index >= 15 is 0 Å². The molecule has 2 aromatic rings. The molecular formula is C21H26N4O. The Morgan fingerprint density at radius 1 is 1.31 bits per heavy atom. The molecule has 1 fully saturated rings. The predicted molar refractivity (Wildman–Crippen MR) is 102 cm³/mol. The van der Waals surface area contributed by atoms with Crippen molar-refractivity contribution in [1.82, 2.24) is 15.1 Å². The van der Waals surface area contributed by atoms with E-state index in [9.17, 15) is 4.79 Å². The highest BCUT2D eigenvalue weighted by atomic mass is 16.2. The minimum Gasteiger partial charge on any atom is -0.341 e. The van der Waals surface area contributed by atoms with E-state index < -0.39 is 0 Å². The summed E-state index contributed by atoms with van der Waals surface area (Å²) in [4.78, 5) is 17.5. The maximum absolute atomic E-state index is 13.4. The molecule has 2 aliphatic rings. The fraction of sp³-hybridized carbons (Fsp3) is 0.476. The van der Waals surface area contributed by atoms with Crippen LogP contribution in [0.25, 0.3) is 0 Å². The molecule has 0 bridgehead atoms. The predicted octanol–water partition coefficient (Wildman–Crippen LogP) is 3.36. The number of anilines is 2. The lowest BCUT2D eigenvalue weighted by Gasteiger charge is -2.35. The number of hydrogen-bond acceptors (Lipinski definition) is 4. The molecule has 1 aromatic carbocycles. The zero-order chi connectivity index (χ0) is 18.1. The Bertz CT molecular complexity index is 792. The number of nitrogens with zero attached hydrogens (tertiary/aromatic N) is 4. The summed E-state index contributed by atoms with van der Waals surface area (Å²) in [5.41, 5.74) is 3.63. The van der Waals surface area contributed by atoms with E-state index in [1.54, 1.807) is 6.20 Å². The first kappa shape index (κ1) is 17.0. The summed E-state index contributed by atoms with van der Waals surface area (Å²) in [6.07, 6.45) is 5.72. The maximum Gasteiger partial charge on any atom is 0.246 e. The zero-order valence-corrected chi connectivity index (χ0v) is 15.6. The quantitative estimate of drug-likeness (QED) is 0.852. The van der Waals surface area contributed by atoms with Crippen LogP contribution >= 0.6 is 0 Å². The fourth-order valence-corrected chi connectivity index (χ4v) is 4.23. The summed E-state index contributed by atoms with van der Waals surface area (Å²) in [6.45, 7) is 6.12. The van der Waals surface area contributed by atoms with E-state index in [1.165, 1.54) is 17.5 Å². The van der Waals surface area contributed by atoms with Crippen molar-refractivity contribution in [2.24, 2.45) is 5.92 Å². The van der Waals surface area contributed by atoms with Gasteiger partial charge in [0.1, 0.15) is 6.04 Å². The van der Waals surface area contributed by atoms with Crippen LogP contribution in [0.5, 0.6) is 0 Å². The molecule has 0 aliphatic carbocycles. The van der Waals surface area contributed by atoms with Gasteiger partial charge in [0.25, 0.3) is 0 Å². The van der Waals surface area contributed by atoms with E-state index in [-0.39, 0.29) is 11.9 Å². The van der Waals surface area contributed by atoms with Gasteiger partial charge < -0.3 is 9.80 Å². The third-order valence-electron chi connectivity index (χ3n) is 5.60. The van der Waals surface area contributed by atoms with Crippen LogP contribution in [0.3, 0.4) is 0 Å². The lowest BCUT2D eigenvalue weighted by molar-refractivity contribution is -0.134. The van der Waals surface area contributed by atoms with Crippen LogP contribution in [0.1, 0.15) is 37.8 Å². The van der Waals surface area contributed by atoms with Crippen molar-refractivity contribution in [2.75, 3.05) is 18.0 Å². The molecule has 5 heteroatoms.